The number of hydrogen-bond donors (Lipinski definition) is 1. The minimum absolute atomic E-state index is 0.562. The van der Waals surface area contributed by atoms with Crippen LogP contribution < -0.4 is 5.32 Å². The van der Waals surface area contributed by atoms with E-state index in [4.69, 9.17) is 0 Å². The molecule has 0 aromatic rings. The average Bonchev–Trinajstić information content (AvgIpc) is 2.69. The van der Waals surface area contributed by atoms with Crippen LogP contribution >= 0.6 is 0 Å². The van der Waals surface area contributed by atoms with Gasteiger partial charge >= 0.3 is 0 Å². The van der Waals surface area contributed by atoms with Crippen LogP contribution in [0.4, 0.5) is 0 Å². The first-order valence-corrected chi connectivity index (χ1v) is 8.48. The van der Waals surface area contributed by atoms with E-state index in [0.29, 0.717) is 5.41 Å². The zero-order chi connectivity index (χ0) is 13.9. The van der Waals surface area contributed by atoms with Crippen molar-refractivity contribution in [2.45, 2.75) is 53.4 Å². The van der Waals surface area contributed by atoms with Crippen molar-refractivity contribution in [2.24, 2.45) is 23.2 Å². The molecule has 0 aromatic heterocycles. The number of nitrogens with zero attached hydrogens (tertiary/aromatic N) is 1. The molecule has 2 rings (SSSR count). The second kappa shape index (κ2) is 6.58. The van der Waals surface area contributed by atoms with Gasteiger partial charge in [-0.05, 0) is 42.6 Å². The van der Waals surface area contributed by atoms with Crippen molar-refractivity contribution in [3.8, 4) is 0 Å². The van der Waals surface area contributed by atoms with E-state index >= 15 is 0 Å². The molecular formula is C17H34N2. The molecule has 1 saturated heterocycles. The standard InChI is InChI=1S/C17H34N2/c1-5-18-12-17(8-6-14(2)7-9-17)13-19-10-15(3)16(4)11-19/h14-16,18H,5-13H2,1-4H3. The molecule has 2 fully saturated rings. The van der Waals surface area contributed by atoms with Gasteiger partial charge in [-0.3, -0.25) is 0 Å². The van der Waals surface area contributed by atoms with Gasteiger partial charge < -0.3 is 10.2 Å². The predicted octanol–water partition coefficient (Wildman–Crippen LogP) is 3.38. The van der Waals surface area contributed by atoms with Crippen LogP contribution in [0, 0.1) is 23.2 Å². The summed E-state index contributed by atoms with van der Waals surface area (Å²) in [5.41, 5.74) is 0.562. The monoisotopic (exact) mass is 266 g/mol. The van der Waals surface area contributed by atoms with Gasteiger partial charge in [0.1, 0.15) is 0 Å². The van der Waals surface area contributed by atoms with Gasteiger partial charge in [0.25, 0.3) is 0 Å². The van der Waals surface area contributed by atoms with Crippen molar-refractivity contribution >= 4 is 0 Å². The van der Waals surface area contributed by atoms with Gasteiger partial charge in [0, 0.05) is 26.2 Å². The largest absolute Gasteiger partial charge is 0.316 e. The molecule has 19 heavy (non-hydrogen) atoms. The highest BCUT2D eigenvalue weighted by atomic mass is 15.2. The molecule has 1 aliphatic carbocycles. The molecule has 0 spiro atoms. The first-order valence-electron chi connectivity index (χ1n) is 8.48. The van der Waals surface area contributed by atoms with Crippen molar-refractivity contribution in [1.82, 2.24) is 10.2 Å². The topological polar surface area (TPSA) is 15.3 Å². The molecule has 2 nitrogen and oxygen atoms in total. The summed E-state index contributed by atoms with van der Waals surface area (Å²) in [6.07, 6.45) is 5.73. The molecule has 112 valence electrons. The fraction of sp³-hybridized carbons (Fsp3) is 1.00. The molecule has 0 bridgehead atoms. The van der Waals surface area contributed by atoms with E-state index in [1.807, 2.05) is 0 Å². The van der Waals surface area contributed by atoms with Gasteiger partial charge in [-0.15, -0.1) is 0 Å². The summed E-state index contributed by atoms with van der Waals surface area (Å²) in [4.78, 5) is 2.75. The summed E-state index contributed by atoms with van der Waals surface area (Å²) in [6.45, 7) is 15.8. The lowest BCUT2D eigenvalue weighted by molar-refractivity contribution is 0.0962. The van der Waals surface area contributed by atoms with Crippen molar-refractivity contribution in [3.05, 3.63) is 0 Å². The Morgan fingerprint density at radius 1 is 1.05 bits per heavy atom. The molecule has 1 N–H and O–H groups in total. The number of likely N-dealkylation sites (tertiary alicyclic amines) is 1. The lowest BCUT2D eigenvalue weighted by Gasteiger charge is -2.42. The van der Waals surface area contributed by atoms with E-state index in [1.54, 1.807) is 0 Å². The Morgan fingerprint density at radius 2 is 1.63 bits per heavy atom. The highest BCUT2D eigenvalue weighted by Crippen LogP contribution is 2.40. The highest BCUT2D eigenvalue weighted by molar-refractivity contribution is 4.91. The van der Waals surface area contributed by atoms with Crippen LogP contribution in [-0.4, -0.2) is 37.6 Å². The number of hydrogen-bond acceptors (Lipinski definition) is 2. The predicted molar refractivity (Wildman–Crippen MR) is 83.4 cm³/mol. The first kappa shape index (κ1) is 15.3. The van der Waals surface area contributed by atoms with Crippen LogP contribution in [0.1, 0.15) is 53.4 Å². The van der Waals surface area contributed by atoms with Gasteiger partial charge in [0.15, 0.2) is 0 Å². The second-order valence-corrected chi connectivity index (χ2v) is 7.61. The maximum atomic E-state index is 3.64. The third kappa shape index (κ3) is 3.95. The summed E-state index contributed by atoms with van der Waals surface area (Å²) in [5, 5.41) is 3.64. The molecule has 1 heterocycles. The van der Waals surface area contributed by atoms with E-state index in [-0.39, 0.29) is 0 Å². The molecule has 2 atom stereocenters. The van der Waals surface area contributed by atoms with Crippen molar-refractivity contribution in [1.29, 1.82) is 0 Å². The zero-order valence-electron chi connectivity index (χ0n) is 13.5. The quantitative estimate of drug-likeness (QED) is 0.820. The second-order valence-electron chi connectivity index (χ2n) is 7.61. The zero-order valence-corrected chi connectivity index (χ0v) is 13.5. The van der Waals surface area contributed by atoms with Crippen molar-refractivity contribution < 1.29 is 0 Å². The maximum Gasteiger partial charge on any atom is 0.00504 e. The van der Waals surface area contributed by atoms with E-state index in [9.17, 15) is 0 Å². The number of rotatable bonds is 5. The molecular weight excluding hydrogens is 232 g/mol. The molecule has 2 aliphatic rings. The van der Waals surface area contributed by atoms with Crippen LogP contribution in [0.2, 0.25) is 0 Å². The number of nitrogens with one attached hydrogen (secondary N) is 1. The Bertz CT molecular complexity index is 253. The summed E-state index contributed by atoms with van der Waals surface area (Å²) in [5.74, 6) is 2.73. The smallest absolute Gasteiger partial charge is 0.00504 e. The molecule has 1 saturated carbocycles. The fourth-order valence-electron chi connectivity index (χ4n) is 4.01. The summed E-state index contributed by atoms with van der Waals surface area (Å²) < 4.78 is 0. The van der Waals surface area contributed by atoms with Gasteiger partial charge in [0.2, 0.25) is 0 Å². The Kier molecular flexibility index (Phi) is 5.30. The Hall–Kier alpha value is -0.0800. The molecule has 0 aromatic carbocycles. The summed E-state index contributed by atoms with van der Waals surface area (Å²) in [7, 11) is 0. The van der Waals surface area contributed by atoms with Crippen LogP contribution in [0.5, 0.6) is 0 Å². The third-order valence-electron chi connectivity index (χ3n) is 5.71. The fourth-order valence-corrected chi connectivity index (χ4v) is 4.01. The van der Waals surface area contributed by atoms with Crippen LogP contribution in [-0.2, 0) is 0 Å². The Morgan fingerprint density at radius 3 is 2.16 bits per heavy atom. The molecule has 2 unspecified atom stereocenters. The minimum Gasteiger partial charge on any atom is -0.316 e. The lowest BCUT2D eigenvalue weighted by atomic mass is 9.70. The van der Waals surface area contributed by atoms with E-state index in [0.717, 1.165) is 24.3 Å². The summed E-state index contributed by atoms with van der Waals surface area (Å²) >= 11 is 0. The average molecular weight is 266 g/mol. The van der Waals surface area contributed by atoms with Crippen LogP contribution in [0.15, 0.2) is 0 Å². The van der Waals surface area contributed by atoms with E-state index in [1.165, 1.54) is 51.9 Å². The Labute approximate surface area is 120 Å². The molecule has 2 heteroatoms. The molecule has 1 aliphatic heterocycles. The van der Waals surface area contributed by atoms with Gasteiger partial charge in [0.05, 0.1) is 0 Å². The normalized spacial score (nSPS) is 40.7. The SMILES string of the molecule is CCNCC1(CN2CC(C)C(C)C2)CCC(C)CC1. The van der Waals surface area contributed by atoms with Crippen molar-refractivity contribution in [3.63, 3.8) is 0 Å². The third-order valence-corrected chi connectivity index (χ3v) is 5.71. The minimum atomic E-state index is 0.562. The lowest BCUT2D eigenvalue weighted by Crippen LogP contribution is -2.45. The first-order chi connectivity index (χ1) is 9.04. The molecule has 0 radical (unpaired) electrons. The van der Waals surface area contributed by atoms with Crippen LogP contribution in [0.25, 0.3) is 0 Å². The van der Waals surface area contributed by atoms with E-state index < -0.39 is 0 Å². The van der Waals surface area contributed by atoms with E-state index in [2.05, 4.69) is 37.9 Å². The highest BCUT2D eigenvalue weighted by Gasteiger charge is 2.37. The van der Waals surface area contributed by atoms with Gasteiger partial charge in [-0.25, -0.2) is 0 Å². The molecule has 0 amide bonds. The van der Waals surface area contributed by atoms with Crippen molar-refractivity contribution in [2.75, 3.05) is 32.7 Å². The van der Waals surface area contributed by atoms with Gasteiger partial charge in [-0.1, -0.05) is 40.5 Å². The van der Waals surface area contributed by atoms with Crippen LogP contribution in [0.3, 0.4) is 0 Å². The maximum absolute atomic E-state index is 3.64. The van der Waals surface area contributed by atoms with Gasteiger partial charge in [-0.2, -0.15) is 0 Å². The Balaban J connectivity index is 1.94. The summed E-state index contributed by atoms with van der Waals surface area (Å²) in [6, 6.07) is 0.